The van der Waals surface area contributed by atoms with Crippen molar-refractivity contribution >= 4 is 23.4 Å². The van der Waals surface area contributed by atoms with E-state index in [4.69, 9.17) is 4.74 Å². The second kappa shape index (κ2) is 8.55. The van der Waals surface area contributed by atoms with E-state index >= 15 is 0 Å². The van der Waals surface area contributed by atoms with Crippen LogP contribution in [-0.4, -0.2) is 59.0 Å². The van der Waals surface area contributed by atoms with Gasteiger partial charge >= 0.3 is 0 Å². The predicted octanol–water partition coefficient (Wildman–Crippen LogP) is 2.59. The summed E-state index contributed by atoms with van der Waals surface area (Å²) in [5.41, 5.74) is 1.16. The maximum atomic E-state index is 12.9. The molecule has 1 aliphatic heterocycles. The first-order chi connectivity index (χ1) is 14.2. The highest BCUT2D eigenvalue weighted by Gasteiger charge is 2.23. The second-order valence-electron chi connectivity index (χ2n) is 6.59. The number of nitrogens with one attached hydrogen (secondary N) is 1. The molecule has 0 spiro atoms. The number of hydrogen-bond acceptors (Lipinski definition) is 7. The maximum Gasteiger partial charge on any atom is 0.272 e. The molecule has 1 aliphatic rings. The Balaban J connectivity index is 1.41. The highest BCUT2D eigenvalue weighted by Crippen LogP contribution is 2.20. The Bertz CT molecular complexity index is 974. The van der Waals surface area contributed by atoms with E-state index in [1.807, 2.05) is 47.4 Å². The van der Waals surface area contributed by atoms with Crippen LogP contribution in [0.15, 0.2) is 60.9 Å². The molecule has 3 aromatic rings. The number of nitrogens with zero attached hydrogens (tertiary/aromatic N) is 5. The lowest BCUT2D eigenvalue weighted by Gasteiger charge is -2.35. The average molecular weight is 390 g/mol. The molecule has 0 atom stereocenters. The monoisotopic (exact) mass is 390 g/mol. The summed E-state index contributed by atoms with van der Waals surface area (Å²) in [6, 6.07) is 15.0. The van der Waals surface area contributed by atoms with Crippen LogP contribution in [0.3, 0.4) is 0 Å². The van der Waals surface area contributed by atoms with E-state index in [-0.39, 0.29) is 5.91 Å². The quantitative estimate of drug-likeness (QED) is 0.717. The zero-order chi connectivity index (χ0) is 20.1. The molecule has 148 valence electrons. The topological polar surface area (TPSA) is 83.5 Å². The smallest absolute Gasteiger partial charge is 0.272 e. The summed E-state index contributed by atoms with van der Waals surface area (Å²) >= 11 is 0. The minimum atomic E-state index is -0.0956. The van der Waals surface area contributed by atoms with Gasteiger partial charge in [0.15, 0.2) is 0 Å². The van der Waals surface area contributed by atoms with Crippen LogP contribution in [0.4, 0.5) is 17.5 Å². The van der Waals surface area contributed by atoms with Crippen molar-refractivity contribution < 1.29 is 9.53 Å². The largest absolute Gasteiger partial charge is 0.497 e. The summed E-state index contributed by atoms with van der Waals surface area (Å²) in [6.45, 7) is 2.72. The van der Waals surface area contributed by atoms with Gasteiger partial charge in [-0.25, -0.2) is 15.0 Å². The number of methoxy groups -OCH3 is 1. The van der Waals surface area contributed by atoms with Crippen molar-refractivity contribution in [3.8, 4) is 5.75 Å². The molecule has 29 heavy (non-hydrogen) atoms. The van der Waals surface area contributed by atoms with Gasteiger partial charge in [0.1, 0.15) is 17.3 Å². The Labute approximate surface area is 169 Å². The van der Waals surface area contributed by atoms with Gasteiger partial charge in [0.05, 0.1) is 7.11 Å². The van der Waals surface area contributed by atoms with Crippen LogP contribution >= 0.6 is 0 Å². The third kappa shape index (κ3) is 4.43. The van der Waals surface area contributed by atoms with E-state index in [1.54, 1.807) is 25.6 Å². The highest BCUT2D eigenvalue weighted by atomic mass is 16.5. The van der Waals surface area contributed by atoms with Crippen LogP contribution in [0.5, 0.6) is 5.75 Å². The molecule has 0 aliphatic carbocycles. The molecule has 0 radical (unpaired) electrons. The molecule has 0 bridgehead atoms. The molecule has 1 saturated heterocycles. The van der Waals surface area contributed by atoms with Crippen LogP contribution in [0, 0.1) is 0 Å². The van der Waals surface area contributed by atoms with Gasteiger partial charge in [-0.05, 0) is 30.3 Å². The number of hydrogen-bond donors (Lipinski definition) is 1. The van der Waals surface area contributed by atoms with Crippen molar-refractivity contribution in [2.24, 2.45) is 0 Å². The van der Waals surface area contributed by atoms with Gasteiger partial charge in [0, 0.05) is 50.3 Å². The fourth-order valence-electron chi connectivity index (χ4n) is 3.21. The van der Waals surface area contributed by atoms with E-state index in [1.165, 1.54) is 0 Å². The number of carbonyl (C=O) groups excluding carboxylic acids is 1. The molecular formula is C21H22N6O2. The van der Waals surface area contributed by atoms with Crippen molar-refractivity contribution in [1.29, 1.82) is 0 Å². The maximum absolute atomic E-state index is 12.9. The third-order valence-corrected chi connectivity index (χ3v) is 4.74. The molecule has 4 rings (SSSR count). The van der Waals surface area contributed by atoms with Crippen molar-refractivity contribution in [1.82, 2.24) is 19.9 Å². The van der Waals surface area contributed by atoms with Crippen LogP contribution in [-0.2, 0) is 0 Å². The number of pyridine rings is 1. The van der Waals surface area contributed by atoms with Gasteiger partial charge in [-0.15, -0.1) is 0 Å². The zero-order valence-electron chi connectivity index (χ0n) is 16.2. The molecule has 8 heteroatoms. The van der Waals surface area contributed by atoms with E-state index in [9.17, 15) is 4.79 Å². The number of piperazine rings is 1. The summed E-state index contributed by atoms with van der Waals surface area (Å²) in [5, 5.41) is 3.12. The standard InChI is InChI=1S/C21H22N6O2/c1-29-17-6-4-5-16(15-17)24-21-23-10-8-18(25-21)20(28)27-13-11-26(12-14-27)19-7-2-3-9-22-19/h2-10,15H,11-14H2,1H3,(H,23,24,25). The molecule has 1 amide bonds. The summed E-state index contributed by atoms with van der Waals surface area (Å²) in [6.07, 6.45) is 3.37. The Morgan fingerprint density at radius 1 is 1.00 bits per heavy atom. The number of rotatable bonds is 5. The number of anilines is 3. The lowest BCUT2D eigenvalue weighted by molar-refractivity contribution is 0.0740. The molecule has 2 aromatic heterocycles. The number of aromatic nitrogens is 3. The molecule has 0 saturated carbocycles. The fraction of sp³-hybridized carbons (Fsp3) is 0.238. The Hall–Kier alpha value is -3.68. The van der Waals surface area contributed by atoms with Crippen LogP contribution < -0.4 is 15.0 Å². The second-order valence-corrected chi connectivity index (χ2v) is 6.59. The first kappa shape index (κ1) is 18.7. The predicted molar refractivity (Wildman–Crippen MR) is 111 cm³/mol. The molecule has 1 fully saturated rings. The van der Waals surface area contributed by atoms with Crippen molar-refractivity contribution in [3.05, 3.63) is 66.6 Å². The summed E-state index contributed by atoms with van der Waals surface area (Å²) in [4.78, 5) is 29.9. The van der Waals surface area contributed by atoms with Gasteiger partial charge in [-0.2, -0.15) is 0 Å². The lowest BCUT2D eigenvalue weighted by atomic mass is 10.2. The first-order valence-corrected chi connectivity index (χ1v) is 9.42. The minimum absolute atomic E-state index is 0.0956. The van der Waals surface area contributed by atoms with Crippen LogP contribution in [0.2, 0.25) is 0 Å². The van der Waals surface area contributed by atoms with E-state index in [0.717, 1.165) is 30.3 Å². The van der Waals surface area contributed by atoms with Crippen molar-refractivity contribution in [2.45, 2.75) is 0 Å². The van der Waals surface area contributed by atoms with Gasteiger partial charge in [-0.3, -0.25) is 4.79 Å². The Morgan fingerprint density at radius 2 is 1.86 bits per heavy atom. The first-order valence-electron chi connectivity index (χ1n) is 9.42. The van der Waals surface area contributed by atoms with Gasteiger partial charge < -0.3 is 19.9 Å². The SMILES string of the molecule is COc1cccc(Nc2nccc(C(=O)N3CCN(c4ccccn4)CC3)n2)c1. The van der Waals surface area contributed by atoms with Crippen LogP contribution in [0.25, 0.3) is 0 Å². The van der Waals surface area contributed by atoms with Gasteiger partial charge in [0.2, 0.25) is 5.95 Å². The lowest BCUT2D eigenvalue weighted by Crippen LogP contribution is -2.49. The summed E-state index contributed by atoms with van der Waals surface area (Å²) < 4.78 is 5.22. The average Bonchev–Trinajstić information content (AvgIpc) is 2.79. The fourth-order valence-corrected chi connectivity index (χ4v) is 3.21. The van der Waals surface area contributed by atoms with Crippen LogP contribution in [0.1, 0.15) is 10.5 Å². The Kier molecular flexibility index (Phi) is 5.51. The van der Waals surface area contributed by atoms with E-state index in [0.29, 0.717) is 24.7 Å². The number of benzene rings is 1. The van der Waals surface area contributed by atoms with Gasteiger partial charge in [-0.1, -0.05) is 12.1 Å². The molecule has 1 N–H and O–H groups in total. The number of amides is 1. The van der Waals surface area contributed by atoms with E-state index < -0.39 is 0 Å². The molecule has 3 heterocycles. The highest BCUT2D eigenvalue weighted by molar-refractivity contribution is 5.92. The summed E-state index contributed by atoms with van der Waals surface area (Å²) in [5.74, 6) is 1.94. The molecule has 0 unspecified atom stereocenters. The zero-order valence-corrected chi connectivity index (χ0v) is 16.2. The van der Waals surface area contributed by atoms with E-state index in [2.05, 4.69) is 25.2 Å². The third-order valence-electron chi connectivity index (χ3n) is 4.74. The normalized spacial score (nSPS) is 13.8. The molecule has 8 nitrogen and oxygen atoms in total. The number of ether oxygens (including phenoxy) is 1. The van der Waals surface area contributed by atoms with Gasteiger partial charge in [0.25, 0.3) is 5.91 Å². The minimum Gasteiger partial charge on any atom is -0.497 e. The van der Waals surface area contributed by atoms with Crippen molar-refractivity contribution in [3.63, 3.8) is 0 Å². The number of carbonyl (C=O) groups is 1. The van der Waals surface area contributed by atoms with Crippen molar-refractivity contribution in [2.75, 3.05) is 43.5 Å². The summed E-state index contributed by atoms with van der Waals surface area (Å²) in [7, 11) is 1.61. The molecule has 1 aromatic carbocycles. The Morgan fingerprint density at radius 3 is 2.62 bits per heavy atom. The molecular weight excluding hydrogens is 368 g/mol.